The Morgan fingerprint density at radius 2 is 1.74 bits per heavy atom. The molecule has 3 aromatic carbocycles. The molecule has 0 aromatic heterocycles. The largest absolute Gasteiger partial charge is 0.322 e. The van der Waals surface area contributed by atoms with Crippen molar-refractivity contribution in [2.75, 3.05) is 9.62 Å². The summed E-state index contributed by atoms with van der Waals surface area (Å²) in [5.41, 5.74) is 4.49. The highest BCUT2D eigenvalue weighted by Crippen LogP contribution is 2.37. The molecule has 1 aliphatic rings. The van der Waals surface area contributed by atoms with E-state index in [1.807, 2.05) is 20.8 Å². The van der Waals surface area contributed by atoms with Crippen LogP contribution in [0.3, 0.4) is 0 Å². The molecule has 0 radical (unpaired) electrons. The summed E-state index contributed by atoms with van der Waals surface area (Å²) in [5, 5.41) is 3.51. The quantitative estimate of drug-likeness (QED) is 0.577. The monoisotopic (exact) mass is 454 g/mol. The molecule has 0 saturated heterocycles. The smallest absolute Gasteiger partial charge is 0.264 e. The van der Waals surface area contributed by atoms with Gasteiger partial charge in [-0.3, -0.25) is 9.10 Å². The summed E-state index contributed by atoms with van der Waals surface area (Å²) >= 11 is 5.98. The van der Waals surface area contributed by atoms with Crippen molar-refractivity contribution in [1.29, 1.82) is 0 Å². The minimum absolute atomic E-state index is 0.238. The lowest BCUT2D eigenvalue weighted by molar-refractivity contribution is 0.102. The van der Waals surface area contributed by atoms with Gasteiger partial charge in [0.25, 0.3) is 15.9 Å². The number of amides is 1. The second kappa shape index (κ2) is 8.02. The summed E-state index contributed by atoms with van der Waals surface area (Å²) in [4.78, 5) is 13.1. The molecule has 1 amide bonds. The number of nitrogens with one attached hydrogen (secondary N) is 1. The van der Waals surface area contributed by atoms with Crippen molar-refractivity contribution < 1.29 is 13.2 Å². The lowest BCUT2D eigenvalue weighted by atomic mass is 10.1. The Morgan fingerprint density at radius 3 is 2.42 bits per heavy atom. The van der Waals surface area contributed by atoms with E-state index in [4.69, 9.17) is 11.6 Å². The highest BCUT2D eigenvalue weighted by molar-refractivity contribution is 7.92. The number of hydrogen-bond donors (Lipinski definition) is 1. The Labute approximate surface area is 187 Å². The Morgan fingerprint density at radius 1 is 1.03 bits per heavy atom. The molecule has 1 aliphatic heterocycles. The third-order valence-corrected chi connectivity index (χ3v) is 7.69. The number of hydrogen-bond acceptors (Lipinski definition) is 3. The molecule has 0 saturated carbocycles. The van der Waals surface area contributed by atoms with Gasteiger partial charge in [0.15, 0.2) is 0 Å². The second-order valence-corrected chi connectivity index (χ2v) is 10.2. The Bertz CT molecular complexity index is 1270. The summed E-state index contributed by atoms with van der Waals surface area (Å²) in [6.45, 7) is 5.67. The van der Waals surface area contributed by atoms with Gasteiger partial charge in [-0.1, -0.05) is 29.3 Å². The van der Waals surface area contributed by atoms with E-state index in [0.717, 1.165) is 16.7 Å². The zero-order valence-corrected chi connectivity index (χ0v) is 19.1. The molecule has 160 valence electrons. The number of nitrogens with zero attached hydrogens (tertiary/aromatic N) is 1. The van der Waals surface area contributed by atoms with Crippen LogP contribution in [0, 0.1) is 13.8 Å². The summed E-state index contributed by atoms with van der Waals surface area (Å²) in [6, 6.07) is 17.0. The Kier molecular flexibility index (Phi) is 5.54. The van der Waals surface area contributed by atoms with Crippen LogP contribution in [0.15, 0.2) is 65.6 Å². The normalized spacial score (nSPS) is 15.6. The van der Waals surface area contributed by atoms with E-state index >= 15 is 0 Å². The molecule has 31 heavy (non-hydrogen) atoms. The van der Waals surface area contributed by atoms with Crippen molar-refractivity contribution >= 4 is 38.9 Å². The summed E-state index contributed by atoms with van der Waals surface area (Å²) in [7, 11) is -3.69. The molecule has 5 nitrogen and oxygen atoms in total. The predicted molar refractivity (Wildman–Crippen MR) is 125 cm³/mol. The van der Waals surface area contributed by atoms with E-state index in [0.29, 0.717) is 28.4 Å². The molecule has 0 spiro atoms. The van der Waals surface area contributed by atoms with E-state index in [-0.39, 0.29) is 16.8 Å². The van der Waals surface area contributed by atoms with E-state index in [1.54, 1.807) is 60.7 Å². The number of rotatable bonds is 4. The van der Waals surface area contributed by atoms with Gasteiger partial charge in [-0.15, -0.1) is 0 Å². The fourth-order valence-electron chi connectivity index (χ4n) is 3.90. The van der Waals surface area contributed by atoms with Gasteiger partial charge >= 0.3 is 0 Å². The third-order valence-electron chi connectivity index (χ3n) is 5.51. The predicted octanol–water partition coefficient (Wildman–Crippen LogP) is 5.35. The Hall–Kier alpha value is -2.83. The first kappa shape index (κ1) is 21.4. The number of halogens is 1. The van der Waals surface area contributed by atoms with Crippen LogP contribution >= 0.6 is 11.6 Å². The molecule has 7 heteroatoms. The van der Waals surface area contributed by atoms with Gasteiger partial charge in [-0.2, -0.15) is 0 Å². The average molecular weight is 455 g/mol. The molecule has 4 rings (SSSR count). The van der Waals surface area contributed by atoms with Crippen LogP contribution in [-0.2, 0) is 16.4 Å². The minimum atomic E-state index is -3.69. The number of fused-ring (bicyclic) bond motifs is 1. The first-order valence-electron chi connectivity index (χ1n) is 9.98. The third kappa shape index (κ3) is 4.05. The second-order valence-electron chi connectivity index (χ2n) is 7.92. The standard InChI is InChI=1S/C24H23ClN2O3S/c1-15-4-8-21(9-5-15)31(29,30)27-17(3)13-19-14-18(6-11-23(19)27)24(28)26-22-10-7-20(25)12-16(22)2/h4-12,14,17H,13H2,1-3H3,(H,26,28)/t17-/m1/s1. The van der Waals surface area contributed by atoms with Crippen molar-refractivity contribution in [2.24, 2.45) is 0 Å². The number of carbonyl (C=O) groups is 1. The van der Waals surface area contributed by atoms with Crippen LogP contribution in [0.1, 0.15) is 34.0 Å². The van der Waals surface area contributed by atoms with Crippen LogP contribution in [-0.4, -0.2) is 20.4 Å². The molecule has 1 atom stereocenters. The van der Waals surface area contributed by atoms with Crippen LogP contribution in [0.5, 0.6) is 0 Å². The van der Waals surface area contributed by atoms with Crippen molar-refractivity contribution in [3.05, 3.63) is 87.9 Å². The zero-order chi connectivity index (χ0) is 22.3. The van der Waals surface area contributed by atoms with E-state index in [1.165, 1.54) is 4.31 Å². The summed E-state index contributed by atoms with van der Waals surface area (Å²) in [5.74, 6) is -0.249. The molecular formula is C24H23ClN2O3S. The van der Waals surface area contributed by atoms with E-state index in [9.17, 15) is 13.2 Å². The van der Waals surface area contributed by atoms with Crippen LogP contribution < -0.4 is 9.62 Å². The maximum Gasteiger partial charge on any atom is 0.264 e. The summed E-state index contributed by atoms with van der Waals surface area (Å²) in [6.07, 6.45) is 0.543. The fourth-order valence-corrected chi connectivity index (χ4v) is 5.82. The number of sulfonamides is 1. The summed E-state index contributed by atoms with van der Waals surface area (Å²) < 4.78 is 28.0. The number of carbonyl (C=O) groups excluding carboxylic acids is 1. The molecule has 1 heterocycles. The first-order valence-corrected chi connectivity index (χ1v) is 11.8. The lowest BCUT2D eigenvalue weighted by Gasteiger charge is -2.24. The van der Waals surface area contributed by atoms with Gasteiger partial charge in [-0.05, 0) is 86.8 Å². The zero-order valence-electron chi connectivity index (χ0n) is 17.5. The molecule has 0 fully saturated rings. The number of anilines is 2. The SMILES string of the molecule is Cc1ccc(S(=O)(=O)N2c3ccc(C(=O)Nc4ccc(Cl)cc4C)cc3C[C@H]2C)cc1. The van der Waals surface area contributed by atoms with Crippen LogP contribution in [0.2, 0.25) is 5.02 Å². The topological polar surface area (TPSA) is 66.5 Å². The van der Waals surface area contributed by atoms with Gasteiger partial charge in [0.05, 0.1) is 10.6 Å². The molecule has 0 aliphatic carbocycles. The van der Waals surface area contributed by atoms with Crippen molar-refractivity contribution in [2.45, 2.75) is 38.1 Å². The number of benzene rings is 3. The van der Waals surface area contributed by atoms with Gasteiger partial charge < -0.3 is 5.32 Å². The van der Waals surface area contributed by atoms with Crippen LogP contribution in [0.4, 0.5) is 11.4 Å². The highest BCUT2D eigenvalue weighted by Gasteiger charge is 2.36. The van der Waals surface area contributed by atoms with Gasteiger partial charge in [0.1, 0.15) is 0 Å². The van der Waals surface area contributed by atoms with Gasteiger partial charge in [0, 0.05) is 22.3 Å². The molecule has 3 aromatic rings. The lowest BCUT2D eigenvalue weighted by Crippen LogP contribution is -2.35. The molecule has 0 unspecified atom stereocenters. The van der Waals surface area contributed by atoms with Crippen molar-refractivity contribution in [1.82, 2.24) is 0 Å². The maximum absolute atomic E-state index is 13.3. The van der Waals surface area contributed by atoms with Gasteiger partial charge in [0.2, 0.25) is 0 Å². The van der Waals surface area contributed by atoms with E-state index < -0.39 is 10.0 Å². The maximum atomic E-state index is 13.3. The molecular weight excluding hydrogens is 432 g/mol. The fraction of sp³-hybridized carbons (Fsp3) is 0.208. The Balaban J connectivity index is 1.63. The van der Waals surface area contributed by atoms with Crippen LogP contribution in [0.25, 0.3) is 0 Å². The minimum Gasteiger partial charge on any atom is -0.322 e. The highest BCUT2D eigenvalue weighted by atomic mass is 35.5. The average Bonchev–Trinajstić information content (AvgIpc) is 3.06. The van der Waals surface area contributed by atoms with E-state index in [2.05, 4.69) is 5.32 Å². The van der Waals surface area contributed by atoms with Gasteiger partial charge in [-0.25, -0.2) is 8.42 Å². The van der Waals surface area contributed by atoms with Crippen molar-refractivity contribution in [3.8, 4) is 0 Å². The van der Waals surface area contributed by atoms with Crippen molar-refractivity contribution in [3.63, 3.8) is 0 Å². The molecule has 1 N–H and O–H groups in total. The number of aryl methyl sites for hydroxylation is 2. The first-order chi connectivity index (χ1) is 14.7. The molecule has 0 bridgehead atoms.